The van der Waals surface area contributed by atoms with Crippen LogP contribution in [0.1, 0.15) is 18.5 Å². The average molecular weight is 237 g/mol. The molecule has 1 heterocycles. The summed E-state index contributed by atoms with van der Waals surface area (Å²) < 4.78 is 5.89. The minimum atomic E-state index is -0.00517. The molecule has 0 aliphatic carbocycles. The summed E-state index contributed by atoms with van der Waals surface area (Å²) in [7, 11) is 0. The van der Waals surface area contributed by atoms with E-state index in [1.807, 2.05) is 43.3 Å². The Morgan fingerprint density at radius 1 is 1.00 bits per heavy atom. The van der Waals surface area contributed by atoms with E-state index in [0.717, 1.165) is 27.9 Å². The first kappa shape index (κ1) is 11.1. The van der Waals surface area contributed by atoms with Crippen molar-refractivity contribution in [2.45, 2.75) is 13.0 Å². The maximum absolute atomic E-state index is 6.00. The minimum absolute atomic E-state index is 0.00517. The van der Waals surface area contributed by atoms with E-state index in [-0.39, 0.29) is 6.04 Å². The van der Waals surface area contributed by atoms with E-state index < -0.39 is 0 Å². The van der Waals surface area contributed by atoms with Gasteiger partial charge in [-0.25, -0.2) is 0 Å². The van der Waals surface area contributed by atoms with Gasteiger partial charge in [0.2, 0.25) is 0 Å². The highest BCUT2D eigenvalue weighted by molar-refractivity contribution is 5.83. The lowest BCUT2D eigenvalue weighted by molar-refractivity contribution is 0.629. The smallest absolute Gasteiger partial charge is 0.135 e. The Hall–Kier alpha value is -2.06. The lowest BCUT2D eigenvalue weighted by atomic mass is 10.0. The summed E-state index contributed by atoms with van der Waals surface area (Å²) in [6.45, 7) is 1.99. The topological polar surface area (TPSA) is 39.2 Å². The van der Waals surface area contributed by atoms with E-state index in [1.165, 1.54) is 0 Å². The number of nitrogens with two attached hydrogens (primary N) is 1. The number of hydrogen-bond acceptors (Lipinski definition) is 2. The highest BCUT2D eigenvalue weighted by atomic mass is 16.3. The van der Waals surface area contributed by atoms with E-state index in [4.69, 9.17) is 10.2 Å². The number of para-hydroxylation sites is 1. The van der Waals surface area contributed by atoms with Crippen molar-refractivity contribution >= 4 is 11.0 Å². The lowest BCUT2D eigenvalue weighted by Gasteiger charge is -2.10. The van der Waals surface area contributed by atoms with Crippen LogP contribution in [-0.4, -0.2) is 0 Å². The molecule has 18 heavy (non-hydrogen) atoms. The number of rotatable bonds is 2. The Morgan fingerprint density at radius 2 is 1.72 bits per heavy atom. The van der Waals surface area contributed by atoms with Crippen LogP contribution in [0.25, 0.3) is 22.3 Å². The second kappa shape index (κ2) is 4.31. The predicted octanol–water partition coefficient (Wildman–Crippen LogP) is 4.12. The van der Waals surface area contributed by atoms with Crippen LogP contribution in [0.4, 0.5) is 0 Å². The van der Waals surface area contributed by atoms with Gasteiger partial charge >= 0.3 is 0 Å². The number of furan rings is 1. The third-order valence-corrected chi connectivity index (χ3v) is 3.14. The van der Waals surface area contributed by atoms with Crippen molar-refractivity contribution in [2.24, 2.45) is 5.73 Å². The zero-order chi connectivity index (χ0) is 12.5. The first-order valence-corrected chi connectivity index (χ1v) is 6.09. The van der Waals surface area contributed by atoms with E-state index in [1.54, 1.807) is 0 Å². The van der Waals surface area contributed by atoms with Crippen LogP contribution in [0.5, 0.6) is 0 Å². The third-order valence-electron chi connectivity index (χ3n) is 3.14. The first-order chi connectivity index (χ1) is 8.75. The molecule has 0 radical (unpaired) electrons. The Labute approximate surface area is 106 Å². The molecule has 0 aliphatic rings. The second-order valence-electron chi connectivity index (χ2n) is 4.52. The lowest BCUT2D eigenvalue weighted by Crippen LogP contribution is -2.06. The number of hydrogen-bond donors (Lipinski definition) is 1. The number of benzene rings is 2. The summed E-state index contributed by atoms with van der Waals surface area (Å²) in [5.74, 6) is 0.879. The normalized spacial score (nSPS) is 12.8. The summed E-state index contributed by atoms with van der Waals surface area (Å²) in [6.07, 6.45) is 0. The SMILES string of the molecule is CC(N)c1ccccc1-c1cc2ccccc2o1. The van der Waals surface area contributed by atoms with Gasteiger partial charge in [0.25, 0.3) is 0 Å². The molecular weight excluding hydrogens is 222 g/mol. The van der Waals surface area contributed by atoms with Gasteiger partial charge in [-0.2, -0.15) is 0 Å². The highest BCUT2D eigenvalue weighted by Gasteiger charge is 2.11. The Bertz CT molecular complexity index is 649. The molecule has 1 aromatic heterocycles. The van der Waals surface area contributed by atoms with Crippen LogP contribution in [-0.2, 0) is 0 Å². The Balaban J connectivity index is 2.20. The summed E-state index contributed by atoms with van der Waals surface area (Å²) in [4.78, 5) is 0. The fourth-order valence-corrected chi connectivity index (χ4v) is 2.23. The Morgan fingerprint density at radius 3 is 2.50 bits per heavy atom. The van der Waals surface area contributed by atoms with Crippen LogP contribution in [0.3, 0.4) is 0 Å². The molecule has 2 nitrogen and oxygen atoms in total. The average Bonchev–Trinajstić information content (AvgIpc) is 2.82. The van der Waals surface area contributed by atoms with Gasteiger partial charge in [0.15, 0.2) is 0 Å². The zero-order valence-electron chi connectivity index (χ0n) is 10.3. The van der Waals surface area contributed by atoms with Gasteiger partial charge in [0.05, 0.1) is 0 Å². The fourth-order valence-electron chi connectivity index (χ4n) is 2.23. The van der Waals surface area contributed by atoms with Gasteiger partial charge in [-0.3, -0.25) is 0 Å². The zero-order valence-corrected chi connectivity index (χ0v) is 10.3. The molecule has 0 saturated heterocycles. The summed E-state index contributed by atoms with van der Waals surface area (Å²) >= 11 is 0. The maximum atomic E-state index is 6.00. The molecule has 2 heteroatoms. The van der Waals surface area contributed by atoms with E-state index in [9.17, 15) is 0 Å². The highest BCUT2D eigenvalue weighted by Crippen LogP contribution is 2.31. The van der Waals surface area contributed by atoms with E-state index in [2.05, 4.69) is 18.2 Å². The van der Waals surface area contributed by atoms with Gasteiger partial charge in [-0.05, 0) is 24.6 Å². The van der Waals surface area contributed by atoms with Crippen molar-refractivity contribution in [1.82, 2.24) is 0 Å². The molecule has 3 aromatic rings. The molecule has 90 valence electrons. The largest absolute Gasteiger partial charge is 0.456 e. The van der Waals surface area contributed by atoms with Crippen molar-refractivity contribution in [1.29, 1.82) is 0 Å². The van der Waals surface area contributed by atoms with E-state index >= 15 is 0 Å². The quantitative estimate of drug-likeness (QED) is 0.728. The molecule has 1 atom stereocenters. The monoisotopic (exact) mass is 237 g/mol. The Kier molecular flexibility index (Phi) is 2.65. The molecule has 0 spiro atoms. The van der Waals surface area contributed by atoms with Gasteiger partial charge < -0.3 is 10.2 Å². The summed E-state index contributed by atoms with van der Waals surface area (Å²) in [6, 6.07) is 18.2. The van der Waals surface area contributed by atoms with Crippen molar-refractivity contribution in [3.05, 3.63) is 60.2 Å². The van der Waals surface area contributed by atoms with Gasteiger partial charge in [0.1, 0.15) is 11.3 Å². The van der Waals surface area contributed by atoms with Crippen molar-refractivity contribution in [3.63, 3.8) is 0 Å². The maximum Gasteiger partial charge on any atom is 0.135 e. The minimum Gasteiger partial charge on any atom is -0.456 e. The fraction of sp³-hybridized carbons (Fsp3) is 0.125. The molecule has 0 aliphatic heterocycles. The second-order valence-corrected chi connectivity index (χ2v) is 4.52. The first-order valence-electron chi connectivity index (χ1n) is 6.09. The molecule has 0 fully saturated rings. The van der Waals surface area contributed by atoms with Crippen LogP contribution in [0.15, 0.2) is 59.0 Å². The van der Waals surface area contributed by atoms with Crippen LogP contribution in [0.2, 0.25) is 0 Å². The molecule has 0 bridgehead atoms. The molecular formula is C16H15NO. The molecule has 2 N–H and O–H groups in total. The molecule has 0 saturated carbocycles. The van der Waals surface area contributed by atoms with Crippen LogP contribution < -0.4 is 5.73 Å². The molecule has 3 rings (SSSR count). The molecule has 0 amide bonds. The summed E-state index contributed by atoms with van der Waals surface area (Å²) in [5, 5.41) is 1.12. The van der Waals surface area contributed by atoms with Gasteiger partial charge in [-0.15, -0.1) is 0 Å². The van der Waals surface area contributed by atoms with E-state index in [0.29, 0.717) is 0 Å². The van der Waals surface area contributed by atoms with Crippen molar-refractivity contribution in [2.75, 3.05) is 0 Å². The van der Waals surface area contributed by atoms with Gasteiger partial charge in [-0.1, -0.05) is 42.5 Å². The molecule has 1 unspecified atom stereocenters. The molecule has 2 aromatic carbocycles. The standard InChI is InChI=1S/C16H15NO/c1-11(17)13-7-3-4-8-14(13)16-10-12-6-2-5-9-15(12)18-16/h2-11H,17H2,1H3. The third kappa shape index (κ3) is 1.81. The van der Waals surface area contributed by atoms with Crippen molar-refractivity contribution in [3.8, 4) is 11.3 Å². The van der Waals surface area contributed by atoms with Gasteiger partial charge in [0, 0.05) is 17.0 Å². The summed E-state index contributed by atoms with van der Waals surface area (Å²) in [5.41, 5.74) is 9.09. The van der Waals surface area contributed by atoms with Crippen molar-refractivity contribution < 1.29 is 4.42 Å². The number of fused-ring (bicyclic) bond motifs is 1. The predicted molar refractivity (Wildman–Crippen MR) is 74.3 cm³/mol. The van der Waals surface area contributed by atoms with Crippen LogP contribution >= 0.6 is 0 Å². The van der Waals surface area contributed by atoms with Crippen LogP contribution in [0, 0.1) is 0 Å².